The zero-order valence-corrected chi connectivity index (χ0v) is 22.2. The third-order valence-corrected chi connectivity index (χ3v) is 7.16. The molecule has 4 heterocycles. The molecule has 5 rings (SSSR count). The number of anilines is 1. The van der Waals surface area contributed by atoms with Crippen LogP contribution < -0.4 is 20.7 Å². The fourth-order valence-corrected chi connectivity index (χ4v) is 5.14. The Balaban J connectivity index is 1.33. The Morgan fingerprint density at radius 2 is 2.03 bits per heavy atom. The zero-order chi connectivity index (χ0) is 27.4. The molecule has 1 aliphatic rings. The molecule has 39 heavy (non-hydrogen) atoms. The molecular weight excluding hydrogens is 498 g/mol. The minimum Gasteiger partial charge on any atom is -0.493 e. The second-order valence-electron chi connectivity index (χ2n) is 9.80. The van der Waals surface area contributed by atoms with E-state index in [1.807, 2.05) is 13.0 Å². The summed E-state index contributed by atoms with van der Waals surface area (Å²) in [6, 6.07) is 9.59. The number of nitrogens with zero attached hydrogens (tertiary/aromatic N) is 4. The molecule has 0 aliphatic carbocycles. The number of fused-ring (bicyclic) bond motifs is 1. The van der Waals surface area contributed by atoms with Crippen molar-refractivity contribution in [1.82, 2.24) is 30.6 Å². The van der Waals surface area contributed by atoms with Gasteiger partial charge in [0.25, 0.3) is 11.5 Å². The number of aryl methyl sites for hydroxylation is 1. The fourth-order valence-electron chi connectivity index (χ4n) is 5.14. The van der Waals surface area contributed by atoms with Gasteiger partial charge in [-0.1, -0.05) is 19.4 Å². The second-order valence-corrected chi connectivity index (χ2v) is 9.80. The largest absolute Gasteiger partial charge is 0.493 e. The lowest BCUT2D eigenvalue weighted by Gasteiger charge is -2.33. The number of hydroxylamine groups is 1. The number of H-pyrrole nitrogens is 2. The molecule has 1 amide bonds. The van der Waals surface area contributed by atoms with Gasteiger partial charge in [0.2, 0.25) is 0 Å². The first-order valence-corrected chi connectivity index (χ1v) is 13.4. The molecule has 0 spiro atoms. The van der Waals surface area contributed by atoms with E-state index in [1.165, 1.54) is 6.20 Å². The number of rotatable bonds is 9. The van der Waals surface area contributed by atoms with Gasteiger partial charge in [-0.2, -0.15) is 5.10 Å². The van der Waals surface area contributed by atoms with Gasteiger partial charge >= 0.3 is 0 Å². The summed E-state index contributed by atoms with van der Waals surface area (Å²) >= 11 is 0. The summed E-state index contributed by atoms with van der Waals surface area (Å²) < 4.78 is 5.90. The zero-order valence-electron chi connectivity index (χ0n) is 22.2. The third kappa shape index (κ3) is 5.63. The SMILES string of the molecule is CCCc1n[nH]c2c(=O)[nH]c(-c3cc(CC4CCN(c5ccc(C(=O)NO)cn5)CC4)ccc3OCC)nc12. The van der Waals surface area contributed by atoms with Gasteiger partial charge < -0.3 is 14.6 Å². The third-order valence-electron chi connectivity index (χ3n) is 7.16. The van der Waals surface area contributed by atoms with Crippen LogP contribution in [0.25, 0.3) is 22.4 Å². The van der Waals surface area contributed by atoms with Crippen molar-refractivity contribution in [3.05, 3.63) is 63.7 Å². The summed E-state index contributed by atoms with van der Waals surface area (Å²) in [5.41, 5.74) is 5.41. The van der Waals surface area contributed by atoms with Crippen LogP contribution in [0.2, 0.25) is 0 Å². The van der Waals surface area contributed by atoms with Crippen molar-refractivity contribution >= 4 is 22.8 Å². The molecule has 1 aliphatic heterocycles. The maximum Gasteiger partial charge on any atom is 0.277 e. The normalized spacial score (nSPS) is 14.1. The number of benzene rings is 1. The minimum absolute atomic E-state index is 0.247. The number of hydrogen-bond acceptors (Lipinski definition) is 8. The Kier molecular flexibility index (Phi) is 7.87. The summed E-state index contributed by atoms with van der Waals surface area (Å²) in [5, 5.41) is 15.9. The second kappa shape index (κ2) is 11.6. The maximum absolute atomic E-state index is 12.8. The number of ether oxygens (including phenoxy) is 1. The summed E-state index contributed by atoms with van der Waals surface area (Å²) in [5.74, 6) is 1.90. The molecule has 204 valence electrons. The molecule has 0 bridgehead atoms. The number of aromatic nitrogens is 5. The molecule has 4 N–H and O–H groups in total. The standard InChI is InChI=1S/C28H33N7O4/c1-3-5-21-24-25(33-32-21)28(37)31-26(30-24)20-15-18(6-8-22(20)39-4-2)14-17-10-12-35(13-11-17)23-9-7-19(16-29-23)27(36)34-38/h6-9,15-17,38H,3-5,10-14H2,1-2H3,(H,32,33)(H,34,36)(H,30,31,37). The number of amides is 1. The van der Waals surface area contributed by atoms with Gasteiger partial charge in [-0.3, -0.25) is 19.9 Å². The van der Waals surface area contributed by atoms with Crippen LogP contribution in [0.5, 0.6) is 5.75 Å². The average molecular weight is 532 g/mol. The lowest BCUT2D eigenvalue weighted by molar-refractivity contribution is 0.0706. The van der Waals surface area contributed by atoms with Crippen molar-refractivity contribution in [2.24, 2.45) is 5.92 Å². The van der Waals surface area contributed by atoms with Crippen LogP contribution in [0.4, 0.5) is 5.82 Å². The van der Waals surface area contributed by atoms with E-state index in [9.17, 15) is 9.59 Å². The molecule has 1 aromatic carbocycles. The molecule has 0 atom stereocenters. The van der Waals surface area contributed by atoms with Crippen molar-refractivity contribution in [3.63, 3.8) is 0 Å². The molecule has 11 heteroatoms. The molecular formula is C28H33N7O4. The summed E-state index contributed by atoms with van der Waals surface area (Å²) in [6.45, 7) is 6.23. The van der Waals surface area contributed by atoms with E-state index in [-0.39, 0.29) is 5.56 Å². The van der Waals surface area contributed by atoms with Gasteiger partial charge in [0.1, 0.15) is 28.4 Å². The highest BCUT2D eigenvalue weighted by molar-refractivity contribution is 5.93. The van der Waals surface area contributed by atoms with Crippen LogP contribution in [-0.4, -0.2) is 56.0 Å². The molecule has 11 nitrogen and oxygen atoms in total. The van der Waals surface area contributed by atoms with E-state index < -0.39 is 5.91 Å². The number of pyridine rings is 1. The van der Waals surface area contributed by atoms with Gasteiger partial charge in [0.05, 0.1) is 23.4 Å². The first kappa shape index (κ1) is 26.4. The highest BCUT2D eigenvalue weighted by Crippen LogP contribution is 2.32. The Morgan fingerprint density at radius 1 is 1.21 bits per heavy atom. The van der Waals surface area contributed by atoms with Crippen LogP contribution in [0.3, 0.4) is 0 Å². The highest BCUT2D eigenvalue weighted by atomic mass is 16.5. The van der Waals surface area contributed by atoms with Crippen LogP contribution >= 0.6 is 0 Å². The number of aromatic amines is 2. The Hall–Kier alpha value is -4.25. The van der Waals surface area contributed by atoms with Gasteiger partial charge in [-0.15, -0.1) is 0 Å². The number of carbonyl (C=O) groups excluding carboxylic acids is 1. The molecule has 4 aromatic rings. The van der Waals surface area contributed by atoms with Crippen molar-refractivity contribution in [3.8, 4) is 17.1 Å². The van der Waals surface area contributed by atoms with E-state index >= 15 is 0 Å². The first-order valence-electron chi connectivity index (χ1n) is 13.4. The van der Waals surface area contributed by atoms with Gasteiger partial charge in [0.15, 0.2) is 0 Å². The van der Waals surface area contributed by atoms with Gasteiger partial charge in [-0.25, -0.2) is 15.4 Å². The predicted octanol–water partition coefficient (Wildman–Crippen LogP) is 3.64. The average Bonchev–Trinajstić information content (AvgIpc) is 3.37. The first-order chi connectivity index (χ1) is 19.0. The summed E-state index contributed by atoms with van der Waals surface area (Å²) in [6.07, 6.45) is 6.02. The smallest absolute Gasteiger partial charge is 0.277 e. The van der Waals surface area contributed by atoms with E-state index in [0.29, 0.717) is 40.7 Å². The number of nitrogens with one attached hydrogen (secondary N) is 3. The molecule has 0 saturated carbocycles. The van der Waals surface area contributed by atoms with Crippen molar-refractivity contribution < 1.29 is 14.7 Å². The molecule has 3 aromatic heterocycles. The van der Waals surface area contributed by atoms with Crippen molar-refractivity contribution in [2.45, 2.75) is 46.0 Å². The van der Waals surface area contributed by atoms with E-state index in [1.54, 1.807) is 17.6 Å². The monoisotopic (exact) mass is 531 g/mol. The molecule has 0 radical (unpaired) electrons. The highest BCUT2D eigenvalue weighted by Gasteiger charge is 2.22. The van der Waals surface area contributed by atoms with E-state index in [0.717, 1.165) is 67.8 Å². The lowest BCUT2D eigenvalue weighted by atomic mass is 9.89. The Labute approximate surface area is 225 Å². The molecule has 0 unspecified atom stereocenters. The Bertz CT molecular complexity index is 1500. The van der Waals surface area contributed by atoms with Gasteiger partial charge in [0, 0.05) is 19.3 Å². The summed E-state index contributed by atoms with van der Waals surface area (Å²) in [7, 11) is 0. The number of carbonyl (C=O) groups is 1. The fraction of sp³-hybridized carbons (Fsp3) is 0.393. The molecule has 1 saturated heterocycles. The van der Waals surface area contributed by atoms with E-state index in [2.05, 4.69) is 44.1 Å². The lowest BCUT2D eigenvalue weighted by Crippen LogP contribution is -2.35. The van der Waals surface area contributed by atoms with E-state index in [4.69, 9.17) is 14.9 Å². The molecule has 1 fully saturated rings. The van der Waals surface area contributed by atoms with Crippen LogP contribution in [0, 0.1) is 5.92 Å². The van der Waals surface area contributed by atoms with Crippen LogP contribution in [0.1, 0.15) is 54.7 Å². The number of hydrogen-bond donors (Lipinski definition) is 4. The predicted molar refractivity (Wildman–Crippen MR) is 147 cm³/mol. The van der Waals surface area contributed by atoms with Crippen molar-refractivity contribution in [1.29, 1.82) is 0 Å². The van der Waals surface area contributed by atoms with Gasteiger partial charge in [-0.05, 0) is 68.4 Å². The quantitative estimate of drug-likeness (QED) is 0.189. The van der Waals surface area contributed by atoms with Crippen LogP contribution in [0.15, 0.2) is 41.3 Å². The number of piperidine rings is 1. The summed E-state index contributed by atoms with van der Waals surface area (Å²) in [4.78, 5) is 38.7. The Morgan fingerprint density at radius 3 is 2.72 bits per heavy atom. The van der Waals surface area contributed by atoms with Crippen molar-refractivity contribution in [2.75, 3.05) is 24.6 Å². The minimum atomic E-state index is -0.576. The maximum atomic E-state index is 12.8. The topological polar surface area (TPSA) is 149 Å². The van der Waals surface area contributed by atoms with Crippen LogP contribution in [-0.2, 0) is 12.8 Å².